The number of amides is 1. The Balaban J connectivity index is 2.45. The number of carbonyl (C=O) groups excluding carboxylic acids is 1. The Bertz CT molecular complexity index is 754. The van der Waals surface area contributed by atoms with Crippen molar-refractivity contribution in [1.29, 1.82) is 0 Å². The maximum absolute atomic E-state index is 13.1. The van der Waals surface area contributed by atoms with Crippen LogP contribution in [0.2, 0.25) is 0 Å². The summed E-state index contributed by atoms with van der Waals surface area (Å²) in [7, 11) is 1.38. The smallest absolute Gasteiger partial charge is 0.275 e. The molecule has 0 fully saturated rings. The number of benzene rings is 1. The molecular weight excluding hydrogens is 301 g/mol. The largest absolute Gasteiger partial charge is 0.481 e. The van der Waals surface area contributed by atoms with E-state index in [1.54, 1.807) is 0 Å². The van der Waals surface area contributed by atoms with Gasteiger partial charge in [-0.15, -0.1) is 0 Å². The van der Waals surface area contributed by atoms with E-state index in [-0.39, 0.29) is 17.5 Å². The third kappa shape index (κ3) is 3.94. The van der Waals surface area contributed by atoms with E-state index in [0.717, 1.165) is 0 Å². The monoisotopic (exact) mass is 319 g/mol. The molecule has 1 amide bonds. The summed E-state index contributed by atoms with van der Waals surface area (Å²) in [5, 5.41) is 6.71. The molecule has 0 saturated carbocycles. The van der Waals surface area contributed by atoms with Crippen LogP contribution in [0.1, 0.15) is 24.3 Å². The predicted octanol–water partition coefficient (Wildman–Crippen LogP) is 1.77. The van der Waals surface area contributed by atoms with Gasteiger partial charge in [-0.25, -0.2) is 9.07 Å². The standard InChI is InChI=1S/C16H18FN3O3/c1-10(2)9-18-16(22)15-13(21)8-14(23-3)20(19-15)12-6-4-11(17)5-7-12/h4-8,10H,9H2,1-3H3,(H,18,22). The highest BCUT2D eigenvalue weighted by atomic mass is 19.1. The van der Waals surface area contributed by atoms with E-state index in [9.17, 15) is 14.0 Å². The summed E-state index contributed by atoms with van der Waals surface area (Å²) in [6.45, 7) is 4.32. The molecule has 6 nitrogen and oxygen atoms in total. The van der Waals surface area contributed by atoms with Gasteiger partial charge in [0.25, 0.3) is 5.91 Å². The first kappa shape index (κ1) is 16.7. The summed E-state index contributed by atoms with van der Waals surface area (Å²) >= 11 is 0. The molecule has 1 N–H and O–H groups in total. The molecule has 1 aromatic carbocycles. The van der Waals surface area contributed by atoms with Gasteiger partial charge < -0.3 is 10.1 Å². The number of carbonyl (C=O) groups is 1. The van der Waals surface area contributed by atoms with E-state index in [2.05, 4.69) is 10.4 Å². The quantitative estimate of drug-likeness (QED) is 0.911. The van der Waals surface area contributed by atoms with E-state index in [0.29, 0.717) is 12.2 Å². The van der Waals surface area contributed by atoms with Crippen LogP contribution < -0.4 is 15.5 Å². The van der Waals surface area contributed by atoms with Crippen LogP contribution in [0.4, 0.5) is 4.39 Å². The molecule has 7 heteroatoms. The van der Waals surface area contributed by atoms with Crippen LogP contribution in [0.5, 0.6) is 5.88 Å². The Labute approximate surface area is 132 Å². The first-order valence-electron chi connectivity index (χ1n) is 7.15. The van der Waals surface area contributed by atoms with Gasteiger partial charge in [0.1, 0.15) is 5.82 Å². The lowest BCUT2D eigenvalue weighted by molar-refractivity contribution is 0.0940. The first-order valence-corrected chi connectivity index (χ1v) is 7.15. The van der Waals surface area contributed by atoms with Crippen molar-refractivity contribution in [3.63, 3.8) is 0 Å². The van der Waals surface area contributed by atoms with Crippen molar-refractivity contribution >= 4 is 5.91 Å². The number of nitrogens with one attached hydrogen (secondary N) is 1. The van der Waals surface area contributed by atoms with E-state index in [4.69, 9.17) is 4.74 Å². The minimum absolute atomic E-state index is 0.155. The molecular formula is C16H18FN3O3. The van der Waals surface area contributed by atoms with Gasteiger partial charge in [-0.2, -0.15) is 5.10 Å². The molecule has 122 valence electrons. The summed E-state index contributed by atoms with van der Waals surface area (Å²) in [4.78, 5) is 24.2. The fourth-order valence-corrected chi connectivity index (χ4v) is 1.89. The lowest BCUT2D eigenvalue weighted by Gasteiger charge is -2.13. The maximum Gasteiger partial charge on any atom is 0.275 e. The third-order valence-electron chi connectivity index (χ3n) is 3.06. The highest BCUT2D eigenvalue weighted by Gasteiger charge is 2.17. The Morgan fingerprint density at radius 2 is 2.00 bits per heavy atom. The molecule has 0 bridgehead atoms. The van der Waals surface area contributed by atoms with E-state index in [1.165, 1.54) is 42.1 Å². The maximum atomic E-state index is 13.1. The number of aromatic nitrogens is 2. The van der Waals surface area contributed by atoms with Gasteiger partial charge in [0.2, 0.25) is 11.3 Å². The summed E-state index contributed by atoms with van der Waals surface area (Å²) in [5.74, 6) is -0.551. The molecule has 0 saturated heterocycles. The zero-order valence-electron chi connectivity index (χ0n) is 13.2. The second kappa shape index (κ2) is 7.04. The van der Waals surface area contributed by atoms with Crippen LogP contribution in [0.3, 0.4) is 0 Å². The van der Waals surface area contributed by atoms with Crippen LogP contribution in [0, 0.1) is 11.7 Å². The van der Waals surface area contributed by atoms with Gasteiger partial charge in [-0.05, 0) is 30.2 Å². The topological polar surface area (TPSA) is 73.2 Å². The van der Waals surface area contributed by atoms with Crippen LogP contribution in [0.15, 0.2) is 35.1 Å². The van der Waals surface area contributed by atoms with Crippen molar-refractivity contribution in [3.8, 4) is 11.6 Å². The van der Waals surface area contributed by atoms with Gasteiger partial charge >= 0.3 is 0 Å². The molecule has 0 unspecified atom stereocenters. The van der Waals surface area contributed by atoms with Crippen LogP contribution in [-0.2, 0) is 0 Å². The molecule has 0 aliphatic heterocycles. The number of nitrogens with zero attached hydrogens (tertiary/aromatic N) is 2. The summed E-state index contributed by atoms with van der Waals surface area (Å²) in [5.41, 5.74) is -0.307. The van der Waals surface area contributed by atoms with Gasteiger partial charge in [-0.3, -0.25) is 9.59 Å². The average Bonchev–Trinajstić information content (AvgIpc) is 2.53. The Morgan fingerprint density at radius 1 is 1.35 bits per heavy atom. The van der Waals surface area contributed by atoms with Crippen LogP contribution >= 0.6 is 0 Å². The van der Waals surface area contributed by atoms with Crippen molar-refractivity contribution < 1.29 is 13.9 Å². The molecule has 0 spiro atoms. The molecule has 2 aromatic rings. The second-order valence-electron chi connectivity index (χ2n) is 5.39. The number of hydrogen-bond acceptors (Lipinski definition) is 4. The van der Waals surface area contributed by atoms with E-state index in [1.807, 2.05) is 13.8 Å². The van der Waals surface area contributed by atoms with Crippen molar-refractivity contribution in [2.75, 3.05) is 13.7 Å². The van der Waals surface area contributed by atoms with Gasteiger partial charge in [0, 0.05) is 6.54 Å². The van der Waals surface area contributed by atoms with Crippen molar-refractivity contribution in [1.82, 2.24) is 15.1 Å². The summed E-state index contributed by atoms with van der Waals surface area (Å²) in [6, 6.07) is 6.65. The molecule has 0 radical (unpaired) electrons. The summed E-state index contributed by atoms with van der Waals surface area (Å²) in [6.07, 6.45) is 0. The Kier molecular flexibility index (Phi) is 5.10. The molecule has 2 rings (SSSR count). The molecule has 0 aliphatic rings. The van der Waals surface area contributed by atoms with E-state index >= 15 is 0 Å². The fourth-order valence-electron chi connectivity index (χ4n) is 1.89. The minimum atomic E-state index is -0.554. The molecule has 0 aliphatic carbocycles. The number of halogens is 1. The van der Waals surface area contributed by atoms with Crippen LogP contribution in [-0.4, -0.2) is 29.3 Å². The third-order valence-corrected chi connectivity index (χ3v) is 3.06. The van der Waals surface area contributed by atoms with Gasteiger partial charge in [0.05, 0.1) is 18.9 Å². The second-order valence-corrected chi connectivity index (χ2v) is 5.39. The number of ether oxygens (including phenoxy) is 1. The van der Waals surface area contributed by atoms with Crippen molar-refractivity contribution in [3.05, 3.63) is 52.1 Å². The van der Waals surface area contributed by atoms with Gasteiger partial charge in [-0.1, -0.05) is 13.8 Å². The molecule has 23 heavy (non-hydrogen) atoms. The highest BCUT2D eigenvalue weighted by Crippen LogP contribution is 2.15. The predicted molar refractivity (Wildman–Crippen MR) is 83.5 cm³/mol. The summed E-state index contributed by atoms with van der Waals surface area (Å²) < 4.78 is 19.5. The lowest BCUT2D eigenvalue weighted by atomic mass is 10.2. The minimum Gasteiger partial charge on any atom is -0.481 e. The molecule has 1 heterocycles. The lowest BCUT2D eigenvalue weighted by Crippen LogP contribution is -2.33. The number of rotatable bonds is 5. The SMILES string of the molecule is COc1cc(=O)c(C(=O)NCC(C)C)nn1-c1ccc(F)cc1. The highest BCUT2D eigenvalue weighted by molar-refractivity contribution is 5.92. The van der Waals surface area contributed by atoms with Crippen molar-refractivity contribution in [2.45, 2.75) is 13.8 Å². The fraction of sp³-hybridized carbons (Fsp3) is 0.312. The number of methoxy groups -OCH3 is 1. The Hall–Kier alpha value is -2.70. The normalized spacial score (nSPS) is 10.7. The molecule has 1 aromatic heterocycles. The molecule has 0 atom stereocenters. The van der Waals surface area contributed by atoms with Crippen LogP contribution in [0.25, 0.3) is 5.69 Å². The van der Waals surface area contributed by atoms with Crippen molar-refractivity contribution in [2.24, 2.45) is 5.92 Å². The first-order chi connectivity index (χ1) is 10.9. The Morgan fingerprint density at radius 3 is 2.57 bits per heavy atom. The van der Waals surface area contributed by atoms with E-state index < -0.39 is 17.2 Å². The zero-order valence-corrected chi connectivity index (χ0v) is 13.2. The average molecular weight is 319 g/mol. The number of hydrogen-bond donors (Lipinski definition) is 1. The van der Waals surface area contributed by atoms with Gasteiger partial charge in [0.15, 0.2) is 5.69 Å². The zero-order chi connectivity index (χ0) is 17.0.